The maximum atomic E-state index is 14.9. The average molecular weight is 413 g/mol. The molecule has 2 aromatic rings. The second-order valence-corrected chi connectivity index (χ2v) is 9.41. The number of carbonyl (C=O) groups excluding carboxylic acids is 1. The van der Waals surface area contributed by atoms with E-state index in [9.17, 15) is 17.6 Å². The lowest BCUT2D eigenvalue weighted by Gasteiger charge is -2.22. The van der Waals surface area contributed by atoms with Crippen LogP contribution in [-0.4, -0.2) is 26.1 Å². The molecule has 0 saturated heterocycles. The van der Waals surface area contributed by atoms with Crippen molar-refractivity contribution in [2.24, 2.45) is 0 Å². The van der Waals surface area contributed by atoms with Crippen LogP contribution in [0.25, 0.3) is 0 Å². The number of nitrogens with one attached hydrogen (secondary N) is 2. The Labute approximate surface area is 164 Å². The van der Waals surface area contributed by atoms with E-state index in [1.807, 2.05) is 0 Å². The number of halogens is 2. The van der Waals surface area contributed by atoms with Gasteiger partial charge in [-0.15, -0.1) is 0 Å². The van der Waals surface area contributed by atoms with Crippen LogP contribution >= 0.6 is 11.6 Å². The Kier molecular flexibility index (Phi) is 6.62. The summed E-state index contributed by atoms with van der Waals surface area (Å²) < 4.78 is 40.8. The average Bonchev–Trinajstić information content (AvgIpc) is 2.61. The molecule has 0 spiro atoms. The van der Waals surface area contributed by atoms with Gasteiger partial charge in [0, 0.05) is 22.8 Å². The molecule has 0 aliphatic carbocycles. The highest BCUT2D eigenvalue weighted by Crippen LogP contribution is 2.26. The molecule has 0 fully saturated rings. The third-order valence-corrected chi connectivity index (χ3v) is 6.12. The summed E-state index contributed by atoms with van der Waals surface area (Å²) in [6.07, 6.45) is 0. The number of benzene rings is 2. The number of rotatable bonds is 7. The van der Waals surface area contributed by atoms with Crippen LogP contribution in [0.5, 0.6) is 0 Å². The van der Waals surface area contributed by atoms with E-state index in [0.717, 1.165) is 0 Å². The van der Waals surface area contributed by atoms with Gasteiger partial charge in [-0.25, -0.2) is 17.5 Å². The van der Waals surface area contributed by atoms with Gasteiger partial charge >= 0.3 is 0 Å². The Balaban J connectivity index is 2.05. The normalized spacial score (nSPS) is 14.0. The third kappa shape index (κ3) is 5.76. The van der Waals surface area contributed by atoms with E-state index in [-0.39, 0.29) is 12.5 Å². The van der Waals surface area contributed by atoms with E-state index in [1.54, 1.807) is 36.4 Å². The van der Waals surface area contributed by atoms with Gasteiger partial charge in [0.2, 0.25) is 10.0 Å². The molecule has 5 nitrogen and oxygen atoms in total. The number of hydrogen-bond donors (Lipinski definition) is 2. The van der Waals surface area contributed by atoms with Crippen molar-refractivity contribution < 1.29 is 17.6 Å². The molecule has 1 unspecified atom stereocenters. The summed E-state index contributed by atoms with van der Waals surface area (Å²) in [6, 6.07) is 12.6. The molecule has 0 aromatic heterocycles. The Morgan fingerprint density at radius 3 is 2.19 bits per heavy atom. The second-order valence-electron chi connectivity index (χ2n) is 6.65. The third-order valence-electron chi connectivity index (χ3n) is 4.08. The molecule has 0 aliphatic heterocycles. The van der Waals surface area contributed by atoms with Crippen molar-refractivity contribution in [1.82, 2.24) is 4.72 Å². The molecule has 2 aromatic carbocycles. The van der Waals surface area contributed by atoms with Crippen molar-refractivity contribution in [1.29, 1.82) is 0 Å². The van der Waals surface area contributed by atoms with Crippen LogP contribution in [0.2, 0.25) is 5.02 Å². The van der Waals surface area contributed by atoms with Crippen LogP contribution in [0, 0.1) is 0 Å². The van der Waals surface area contributed by atoms with Crippen LogP contribution in [0.3, 0.4) is 0 Å². The molecule has 146 valence electrons. The smallest absolute Gasteiger partial charge is 0.255 e. The summed E-state index contributed by atoms with van der Waals surface area (Å²) in [7, 11) is -3.55. The summed E-state index contributed by atoms with van der Waals surface area (Å²) >= 11 is 5.80. The predicted octanol–water partition coefficient (Wildman–Crippen LogP) is 4.10. The minimum Gasteiger partial charge on any atom is -0.322 e. The van der Waals surface area contributed by atoms with Gasteiger partial charge < -0.3 is 5.32 Å². The fourth-order valence-corrected chi connectivity index (χ4v) is 3.14. The zero-order valence-corrected chi connectivity index (χ0v) is 16.9. The van der Waals surface area contributed by atoms with Crippen LogP contribution < -0.4 is 10.0 Å². The van der Waals surface area contributed by atoms with Gasteiger partial charge in [-0.1, -0.05) is 23.7 Å². The van der Waals surface area contributed by atoms with Crippen molar-refractivity contribution in [3.8, 4) is 0 Å². The SMILES string of the molecule is CC(C)S(=O)(=O)NCC(C)(F)c1ccc(NC(=O)c2ccc(Cl)cc2)cc1. The van der Waals surface area contributed by atoms with Crippen molar-refractivity contribution in [2.45, 2.75) is 31.7 Å². The second kappa shape index (κ2) is 8.37. The summed E-state index contributed by atoms with van der Waals surface area (Å²) in [5, 5.41) is 2.61. The van der Waals surface area contributed by atoms with Gasteiger partial charge in [0.05, 0.1) is 5.25 Å². The van der Waals surface area contributed by atoms with Gasteiger partial charge in [0.1, 0.15) is 5.67 Å². The van der Waals surface area contributed by atoms with E-state index in [1.165, 1.54) is 32.9 Å². The van der Waals surface area contributed by atoms with E-state index in [4.69, 9.17) is 11.6 Å². The molecule has 1 atom stereocenters. The minimum absolute atomic E-state index is 0.304. The first-order valence-electron chi connectivity index (χ1n) is 8.36. The number of hydrogen-bond acceptors (Lipinski definition) is 3. The summed E-state index contributed by atoms with van der Waals surface area (Å²) in [5.74, 6) is -0.313. The van der Waals surface area contributed by atoms with Crippen LogP contribution in [-0.2, 0) is 15.7 Å². The highest BCUT2D eigenvalue weighted by molar-refractivity contribution is 7.90. The van der Waals surface area contributed by atoms with Gasteiger partial charge in [-0.3, -0.25) is 4.79 Å². The van der Waals surface area contributed by atoms with E-state index in [2.05, 4.69) is 10.0 Å². The molecular formula is C19H22ClFN2O3S. The first kappa shape index (κ1) is 21.3. The monoisotopic (exact) mass is 412 g/mol. The first-order valence-corrected chi connectivity index (χ1v) is 10.3. The topological polar surface area (TPSA) is 75.3 Å². The van der Waals surface area contributed by atoms with Crippen LogP contribution in [0.1, 0.15) is 36.7 Å². The molecule has 2 N–H and O–H groups in total. The van der Waals surface area contributed by atoms with Gasteiger partial charge in [-0.2, -0.15) is 0 Å². The van der Waals surface area contributed by atoms with Crippen molar-refractivity contribution in [3.05, 3.63) is 64.7 Å². The number of amides is 1. The number of carbonyl (C=O) groups is 1. The first-order chi connectivity index (χ1) is 12.5. The predicted molar refractivity (Wildman–Crippen MR) is 106 cm³/mol. The quantitative estimate of drug-likeness (QED) is 0.718. The fraction of sp³-hybridized carbons (Fsp3) is 0.316. The van der Waals surface area contributed by atoms with E-state index < -0.39 is 20.9 Å². The van der Waals surface area contributed by atoms with Crippen molar-refractivity contribution in [3.63, 3.8) is 0 Å². The lowest BCUT2D eigenvalue weighted by atomic mass is 9.98. The minimum atomic E-state index is -3.55. The Bertz CT molecular complexity index is 896. The van der Waals surface area contributed by atoms with Crippen molar-refractivity contribution in [2.75, 3.05) is 11.9 Å². The lowest BCUT2D eigenvalue weighted by molar-refractivity contribution is 0.102. The maximum Gasteiger partial charge on any atom is 0.255 e. The standard InChI is InChI=1S/C19H22ClFN2O3S/c1-13(2)27(25,26)22-12-19(3,21)15-6-10-17(11-7-15)23-18(24)14-4-8-16(20)9-5-14/h4-11,13,22H,12H2,1-3H3,(H,23,24). The van der Waals surface area contributed by atoms with Crippen LogP contribution in [0.4, 0.5) is 10.1 Å². The van der Waals surface area contributed by atoms with Gasteiger partial charge in [0.15, 0.2) is 0 Å². The fourth-order valence-electron chi connectivity index (χ4n) is 2.21. The Morgan fingerprint density at radius 2 is 1.67 bits per heavy atom. The summed E-state index contributed by atoms with van der Waals surface area (Å²) in [6.45, 7) is 3.98. The number of anilines is 1. The van der Waals surface area contributed by atoms with Crippen molar-refractivity contribution >= 4 is 33.2 Å². The van der Waals surface area contributed by atoms with Gasteiger partial charge in [-0.05, 0) is 62.7 Å². The Morgan fingerprint density at radius 1 is 1.11 bits per heavy atom. The zero-order valence-electron chi connectivity index (χ0n) is 15.3. The molecule has 27 heavy (non-hydrogen) atoms. The molecule has 8 heteroatoms. The lowest BCUT2D eigenvalue weighted by Crippen LogP contribution is -2.39. The molecule has 0 aliphatic rings. The highest BCUT2D eigenvalue weighted by Gasteiger charge is 2.29. The highest BCUT2D eigenvalue weighted by atomic mass is 35.5. The molecule has 0 saturated carbocycles. The Hall–Kier alpha value is -1.96. The largest absolute Gasteiger partial charge is 0.322 e. The number of alkyl halides is 1. The molecule has 2 rings (SSSR count). The van der Waals surface area contributed by atoms with E-state index >= 15 is 0 Å². The summed E-state index contributed by atoms with van der Waals surface area (Å²) in [5.41, 5.74) is -0.640. The summed E-state index contributed by atoms with van der Waals surface area (Å²) in [4.78, 5) is 12.2. The maximum absolute atomic E-state index is 14.9. The van der Waals surface area contributed by atoms with Crippen LogP contribution in [0.15, 0.2) is 48.5 Å². The zero-order chi connectivity index (χ0) is 20.2. The van der Waals surface area contributed by atoms with Gasteiger partial charge in [0.25, 0.3) is 5.91 Å². The molecule has 0 radical (unpaired) electrons. The van der Waals surface area contributed by atoms with E-state index in [0.29, 0.717) is 21.8 Å². The molecule has 1 amide bonds. The molecule has 0 heterocycles. The molecule has 0 bridgehead atoms. The number of sulfonamides is 1. The molecular weight excluding hydrogens is 391 g/mol.